The predicted molar refractivity (Wildman–Crippen MR) is 257 cm³/mol. The molecular formula is C50H74N8O9. The van der Waals surface area contributed by atoms with Crippen molar-refractivity contribution in [2.45, 2.75) is 147 Å². The van der Waals surface area contributed by atoms with Crippen LogP contribution in [0.1, 0.15) is 133 Å². The molecule has 2 aliphatic heterocycles. The van der Waals surface area contributed by atoms with Gasteiger partial charge in [-0.25, -0.2) is 19.7 Å². The Hall–Kier alpha value is -5.42. The lowest BCUT2D eigenvalue weighted by Crippen LogP contribution is -2.37. The van der Waals surface area contributed by atoms with Crippen molar-refractivity contribution in [1.29, 1.82) is 0 Å². The zero-order chi connectivity index (χ0) is 47.5. The van der Waals surface area contributed by atoms with Gasteiger partial charge in [-0.15, -0.1) is 0 Å². The van der Waals surface area contributed by atoms with E-state index in [4.69, 9.17) is 19.6 Å². The summed E-state index contributed by atoms with van der Waals surface area (Å²) in [6.45, 7) is 5.90. The largest absolute Gasteiger partial charge is 0.481 e. The van der Waals surface area contributed by atoms with Crippen LogP contribution in [0.5, 0.6) is 0 Å². The summed E-state index contributed by atoms with van der Waals surface area (Å²) in [5, 5.41) is 29.3. The van der Waals surface area contributed by atoms with Crippen LogP contribution in [-0.4, -0.2) is 136 Å². The first-order valence-corrected chi connectivity index (χ1v) is 24.8. The molecule has 368 valence electrons. The third-order valence-electron chi connectivity index (χ3n) is 12.5. The number of hydrogen-bond acceptors (Lipinski definition) is 13. The number of aliphatic carboxylic acids is 2. The molecule has 3 aromatic rings. The molecule has 67 heavy (non-hydrogen) atoms. The third kappa shape index (κ3) is 20.1. The van der Waals surface area contributed by atoms with Gasteiger partial charge in [0, 0.05) is 69.7 Å². The number of carbonyl (C=O) groups is 5. The number of benzene rings is 1. The van der Waals surface area contributed by atoms with Crippen LogP contribution in [-0.2, 0) is 46.3 Å². The number of carboxylic acid groups (broad SMARTS) is 2. The maximum atomic E-state index is 12.5. The molecule has 5 N–H and O–H groups in total. The molecule has 0 bridgehead atoms. The fourth-order valence-corrected chi connectivity index (χ4v) is 8.57. The van der Waals surface area contributed by atoms with Gasteiger partial charge in [0.2, 0.25) is 11.8 Å². The highest BCUT2D eigenvalue weighted by Gasteiger charge is 2.28. The number of nitrogens with one attached hydrogen (secondary N) is 3. The molecule has 0 aliphatic carbocycles. The van der Waals surface area contributed by atoms with Crippen LogP contribution in [0.2, 0.25) is 0 Å². The Morgan fingerprint density at radius 1 is 0.821 bits per heavy atom. The first kappa shape index (κ1) is 52.5. The molecule has 2 amide bonds. The van der Waals surface area contributed by atoms with Gasteiger partial charge >= 0.3 is 17.9 Å². The highest BCUT2D eigenvalue weighted by Crippen LogP contribution is 2.22. The molecular weight excluding hydrogens is 857 g/mol. The molecule has 17 nitrogen and oxygen atoms in total. The number of nitrogens with zero attached hydrogens (tertiary/aromatic N) is 5. The summed E-state index contributed by atoms with van der Waals surface area (Å²) in [5.41, 5.74) is 3.15. The van der Waals surface area contributed by atoms with Crippen LogP contribution in [0, 0.1) is 0 Å². The molecule has 2 unspecified atom stereocenters. The highest BCUT2D eigenvalue weighted by molar-refractivity contribution is 5.90. The first-order valence-electron chi connectivity index (χ1n) is 24.8. The Balaban J connectivity index is 0.880. The number of esters is 1. The van der Waals surface area contributed by atoms with Gasteiger partial charge in [0.15, 0.2) is 0 Å². The minimum atomic E-state index is -1.04. The molecule has 2 aromatic heterocycles. The maximum absolute atomic E-state index is 12.5. The SMILES string of the molecule is O=C(O)CCC(=O)OC1CCN(C(=O)CCCCCNC(=O)CCCCCCCCCOCCN(CCCCc2ccc3c(n2)NCCC3)CCC(Nc2ncnc3ccccc23)C(=O)O)C1. The van der Waals surface area contributed by atoms with Gasteiger partial charge in [0.1, 0.15) is 30.1 Å². The summed E-state index contributed by atoms with van der Waals surface area (Å²) in [7, 11) is 0. The molecule has 1 fully saturated rings. The number of carbonyl (C=O) groups excluding carboxylic acids is 3. The van der Waals surface area contributed by atoms with Crippen molar-refractivity contribution in [3.8, 4) is 0 Å². The van der Waals surface area contributed by atoms with Crippen LogP contribution in [0.3, 0.4) is 0 Å². The third-order valence-corrected chi connectivity index (χ3v) is 12.5. The smallest absolute Gasteiger partial charge is 0.326 e. The second-order valence-corrected chi connectivity index (χ2v) is 17.8. The molecule has 2 aliphatic rings. The van der Waals surface area contributed by atoms with Crippen LogP contribution >= 0.6 is 0 Å². The van der Waals surface area contributed by atoms with Gasteiger partial charge in [-0.1, -0.05) is 56.7 Å². The number of rotatable bonds is 34. The maximum Gasteiger partial charge on any atom is 0.326 e. The van der Waals surface area contributed by atoms with Crippen molar-refractivity contribution >= 4 is 52.3 Å². The Morgan fingerprint density at radius 3 is 2.45 bits per heavy atom. The molecule has 0 spiro atoms. The fraction of sp³-hybridized carbons (Fsp3) is 0.640. The lowest BCUT2D eigenvalue weighted by molar-refractivity contribution is -0.152. The number of aryl methyl sites for hydroxylation is 2. The summed E-state index contributed by atoms with van der Waals surface area (Å²) in [5.74, 6) is -0.862. The summed E-state index contributed by atoms with van der Waals surface area (Å²) in [6.07, 6.45) is 17.3. The van der Waals surface area contributed by atoms with Gasteiger partial charge in [-0.2, -0.15) is 0 Å². The summed E-state index contributed by atoms with van der Waals surface area (Å²) in [6, 6.07) is 11.1. The van der Waals surface area contributed by atoms with Gasteiger partial charge in [-0.05, 0) is 94.5 Å². The number of amides is 2. The van der Waals surface area contributed by atoms with Crippen LogP contribution in [0.25, 0.3) is 10.9 Å². The van der Waals surface area contributed by atoms with Crippen molar-refractivity contribution in [2.75, 3.05) is 69.7 Å². The number of fused-ring (bicyclic) bond motifs is 2. The van der Waals surface area contributed by atoms with Gasteiger partial charge in [0.05, 0.1) is 31.5 Å². The van der Waals surface area contributed by atoms with Crippen molar-refractivity contribution in [3.05, 3.63) is 54.0 Å². The first-order chi connectivity index (χ1) is 32.6. The molecule has 17 heteroatoms. The van der Waals surface area contributed by atoms with E-state index < -0.39 is 23.9 Å². The van der Waals surface area contributed by atoms with Crippen molar-refractivity contribution in [1.82, 2.24) is 30.1 Å². The van der Waals surface area contributed by atoms with Crippen molar-refractivity contribution < 1.29 is 43.7 Å². The summed E-state index contributed by atoms with van der Waals surface area (Å²) >= 11 is 0. The minimum Gasteiger partial charge on any atom is -0.481 e. The van der Waals surface area contributed by atoms with Crippen LogP contribution < -0.4 is 16.0 Å². The molecule has 0 radical (unpaired) electrons. The van der Waals surface area contributed by atoms with Crippen LogP contribution in [0.4, 0.5) is 11.6 Å². The van der Waals surface area contributed by atoms with E-state index in [0.29, 0.717) is 70.9 Å². The fourth-order valence-electron chi connectivity index (χ4n) is 8.57. The lowest BCUT2D eigenvalue weighted by Gasteiger charge is -2.25. The highest BCUT2D eigenvalue weighted by atomic mass is 16.5. The number of para-hydroxylation sites is 1. The number of ether oxygens (including phenoxy) is 2. The van der Waals surface area contributed by atoms with E-state index in [1.165, 1.54) is 11.9 Å². The zero-order valence-corrected chi connectivity index (χ0v) is 39.4. The van der Waals surface area contributed by atoms with Gasteiger partial charge in [0.25, 0.3) is 0 Å². The van der Waals surface area contributed by atoms with Crippen LogP contribution in [0.15, 0.2) is 42.7 Å². The average Bonchev–Trinajstić information content (AvgIpc) is 3.80. The molecule has 1 saturated heterocycles. The minimum absolute atomic E-state index is 0.0273. The number of likely N-dealkylation sites (tertiary alicyclic amines) is 1. The standard InChI is InChI=1S/C50H74N8O9/c59-44(51-28-12-6-8-21-45(60)58-32-26-40(36-58)67-47(63)25-24-46(61)62)20-7-4-2-1-3-5-14-34-66-35-33-57(30-13-11-17-39-23-22-38-16-15-29-52-48(38)55-39)31-27-43(50(64)65)56-49-41-18-9-10-19-42(41)53-37-54-49/h9-10,18-19,22-23,37,40,43H,1-8,11-17,20-21,24-36H2,(H,51,59)(H,52,55)(H,61,62)(H,64,65)(H,53,54,56). The summed E-state index contributed by atoms with van der Waals surface area (Å²) < 4.78 is 11.4. The predicted octanol–water partition coefficient (Wildman–Crippen LogP) is 6.79. The number of aromatic nitrogens is 3. The second-order valence-electron chi connectivity index (χ2n) is 17.8. The molecule has 0 saturated carbocycles. The van der Waals surface area contributed by atoms with E-state index in [9.17, 15) is 29.1 Å². The molecule has 5 rings (SSSR count). The Morgan fingerprint density at radius 2 is 1.61 bits per heavy atom. The second kappa shape index (κ2) is 30.1. The monoisotopic (exact) mass is 931 g/mol. The lowest BCUT2D eigenvalue weighted by atomic mass is 10.1. The molecule has 2 atom stereocenters. The van der Waals surface area contributed by atoms with E-state index in [1.54, 1.807) is 4.90 Å². The topological polar surface area (TPSA) is 226 Å². The number of hydrogen-bond donors (Lipinski definition) is 5. The van der Waals surface area contributed by atoms with E-state index in [-0.39, 0.29) is 30.8 Å². The zero-order valence-electron chi connectivity index (χ0n) is 39.4. The Bertz CT molecular complexity index is 2000. The number of pyridine rings is 1. The van der Waals surface area contributed by atoms with Crippen molar-refractivity contribution in [2.24, 2.45) is 0 Å². The quantitative estimate of drug-likeness (QED) is 0.0307. The van der Waals surface area contributed by atoms with E-state index >= 15 is 0 Å². The average molecular weight is 931 g/mol. The number of anilines is 2. The Labute approximate surface area is 395 Å². The Kier molecular flexibility index (Phi) is 23.6. The van der Waals surface area contributed by atoms with Gasteiger partial charge in [-0.3, -0.25) is 19.2 Å². The van der Waals surface area contributed by atoms with E-state index in [0.717, 1.165) is 138 Å². The number of unbranched alkanes of at least 4 members (excludes halogenated alkanes) is 9. The molecule has 1 aromatic carbocycles. The van der Waals surface area contributed by atoms with Crippen molar-refractivity contribution in [3.63, 3.8) is 0 Å². The molecule has 4 heterocycles. The normalized spacial score (nSPS) is 14.9. The number of carboxylic acids is 2. The van der Waals surface area contributed by atoms with E-state index in [2.05, 4.69) is 43.0 Å². The van der Waals surface area contributed by atoms with Gasteiger partial charge < -0.3 is 45.4 Å². The van der Waals surface area contributed by atoms with E-state index in [1.807, 2.05) is 24.3 Å². The summed E-state index contributed by atoms with van der Waals surface area (Å²) in [4.78, 5) is 77.2.